The molecule has 4 aromatic rings. The van der Waals surface area contributed by atoms with Crippen LogP contribution in [0.1, 0.15) is 38.2 Å². The molecule has 0 radical (unpaired) electrons. The van der Waals surface area contributed by atoms with Gasteiger partial charge in [-0.2, -0.15) is 9.97 Å². The van der Waals surface area contributed by atoms with E-state index in [9.17, 15) is 10.2 Å². The number of benzene rings is 2. The number of phenols is 1. The number of aryl methyl sites for hydroxylation is 1. The number of hydrogen-bond donors (Lipinski definition) is 3. The molecule has 1 aliphatic carbocycles. The molecule has 2 saturated heterocycles. The molecule has 1 saturated carbocycles. The minimum atomic E-state index is -0.712. The molecule has 0 unspecified atom stereocenters. The van der Waals surface area contributed by atoms with Gasteiger partial charge in [-0.1, -0.05) is 25.1 Å². The molecular weight excluding hydrogens is 618 g/mol. The quantitative estimate of drug-likeness (QED) is 0.235. The van der Waals surface area contributed by atoms with Crippen LogP contribution in [0.2, 0.25) is 0 Å². The Balaban J connectivity index is 1.18. The lowest BCUT2D eigenvalue weighted by Gasteiger charge is -2.40. The van der Waals surface area contributed by atoms with Crippen LogP contribution in [0.4, 0.5) is 14.6 Å². The highest BCUT2D eigenvalue weighted by Gasteiger charge is 2.47. The van der Waals surface area contributed by atoms with E-state index in [2.05, 4.69) is 26.2 Å². The van der Waals surface area contributed by atoms with Crippen molar-refractivity contribution in [1.29, 1.82) is 0 Å². The summed E-state index contributed by atoms with van der Waals surface area (Å²) in [6.45, 7) is 4.83. The fourth-order valence-corrected chi connectivity index (χ4v) is 8.33. The van der Waals surface area contributed by atoms with Crippen LogP contribution in [0.5, 0.6) is 17.6 Å². The van der Waals surface area contributed by atoms with Crippen molar-refractivity contribution in [2.75, 3.05) is 44.4 Å². The van der Waals surface area contributed by atoms with Gasteiger partial charge in [0.25, 0.3) is 0 Å². The molecule has 0 spiro atoms. The van der Waals surface area contributed by atoms with Crippen LogP contribution in [0.15, 0.2) is 36.4 Å². The molecule has 9 rings (SSSR count). The third-order valence-corrected chi connectivity index (χ3v) is 11.1. The van der Waals surface area contributed by atoms with Crippen molar-refractivity contribution >= 4 is 27.5 Å². The van der Waals surface area contributed by atoms with Crippen molar-refractivity contribution in [3.8, 4) is 28.9 Å². The number of aromatic hydroxyl groups is 1. The van der Waals surface area contributed by atoms with Crippen LogP contribution in [0.3, 0.4) is 0 Å². The third-order valence-electron chi connectivity index (χ3n) is 11.1. The minimum absolute atomic E-state index is 0.00117. The highest BCUT2D eigenvalue weighted by Crippen LogP contribution is 2.48. The Bertz CT molecular complexity index is 1990. The number of aliphatic hydroxyl groups is 1. The van der Waals surface area contributed by atoms with Gasteiger partial charge in [0.2, 0.25) is 5.88 Å². The average Bonchev–Trinajstić information content (AvgIpc) is 3.58. The Labute approximate surface area is 276 Å². The van der Waals surface area contributed by atoms with Gasteiger partial charge in [-0.05, 0) is 66.6 Å². The number of halogens is 2. The van der Waals surface area contributed by atoms with E-state index in [1.807, 2.05) is 13.0 Å². The molecule has 3 fully saturated rings. The Hall–Kier alpha value is -4.13. The van der Waals surface area contributed by atoms with Gasteiger partial charge in [-0.15, -0.1) is 0 Å². The molecule has 6 heterocycles. The number of hydrogen-bond acceptors (Lipinski definition) is 10. The van der Waals surface area contributed by atoms with Gasteiger partial charge < -0.3 is 29.9 Å². The predicted octanol–water partition coefficient (Wildman–Crippen LogP) is 4.48. The number of fused-ring (bicyclic) bond motifs is 6. The van der Waals surface area contributed by atoms with Gasteiger partial charge in [0, 0.05) is 42.7 Å². The molecule has 3 N–H and O–H groups in total. The second kappa shape index (κ2) is 11.2. The first-order valence-electron chi connectivity index (χ1n) is 17.0. The number of pyridine rings is 1. The maximum atomic E-state index is 17.1. The van der Waals surface area contributed by atoms with E-state index >= 15 is 8.78 Å². The zero-order valence-corrected chi connectivity index (χ0v) is 26.8. The largest absolute Gasteiger partial charge is 0.508 e. The van der Waals surface area contributed by atoms with Crippen LogP contribution >= 0.6 is 0 Å². The molecule has 0 amide bonds. The molecule has 12 heteroatoms. The fraction of sp³-hybridized carbons (Fsp3) is 0.472. The molecule has 4 atom stereocenters. The summed E-state index contributed by atoms with van der Waals surface area (Å²) in [5.74, 6) is -0.461. The number of phenolic OH excluding ortho intramolecular Hbond substituents is 1. The molecule has 2 bridgehead atoms. The van der Waals surface area contributed by atoms with Crippen molar-refractivity contribution in [3.63, 3.8) is 0 Å². The SMILES string of the molecule is CCc1c(F)ccc2cc(O)cc(-c3nc4c5c(nc(OCC6(CN7CC=C[C@H]7CO)CC6)nc5c3F)N3C[C@@H]5CC[C@@H](N5)[C@H]3CO4)c12. The number of anilines is 1. The van der Waals surface area contributed by atoms with E-state index in [-0.39, 0.29) is 70.6 Å². The van der Waals surface area contributed by atoms with Gasteiger partial charge >= 0.3 is 6.01 Å². The number of nitrogens with zero attached hydrogens (tertiary/aromatic N) is 5. The zero-order valence-electron chi connectivity index (χ0n) is 26.8. The fourth-order valence-electron chi connectivity index (χ4n) is 8.33. The van der Waals surface area contributed by atoms with E-state index in [1.54, 1.807) is 12.1 Å². The lowest BCUT2D eigenvalue weighted by Crippen LogP contribution is -2.60. The van der Waals surface area contributed by atoms with Crippen molar-refractivity contribution in [1.82, 2.24) is 25.2 Å². The number of ether oxygens (including phenoxy) is 2. The normalized spacial score (nSPS) is 25.4. The molecule has 2 aromatic carbocycles. The summed E-state index contributed by atoms with van der Waals surface area (Å²) in [5, 5.41) is 25.7. The van der Waals surface area contributed by atoms with Crippen molar-refractivity contribution < 1.29 is 28.5 Å². The summed E-state index contributed by atoms with van der Waals surface area (Å²) in [5.41, 5.74) is 0.513. The second-order valence-corrected chi connectivity index (χ2v) is 14.1. The zero-order chi connectivity index (χ0) is 32.7. The van der Waals surface area contributed by atoms with Gasteiger partial charge in [-0.3, -0.25) is 4.90 Å². The van der Waals surface area contributed by atoms with Gasteiger partial charge in [0.1, 0.15) is 40.6 Å². The molecule has 250 valence electrons. The maximum absolute atomic E-state index is 17.1. The molecule has 5 aliphatic rings. The van der Waals surface area contributed by atoms with Gasteiger partial charge in [0.05, 0.1) is 25.3 Å². The summed E-state index contributed by atoms with van der Waals surface area (Å²) in [4.78, 5) is 18.8. The summed E-state index contributed by atoms with van der Waals surface area (Å²) in [6, 6.07) is 6.42. The van der Waals surface area contributed by atoms with E-state index < -0.39 is 11.6 Å². The third kappa shape index (κ3) is 4.79. The first-order valence-corrected chi connectivity index (χ1v) is 17.0. The summed E-state index contributed by atoms with van der Waals surface area (Å²) in [7, 11) is 0. The highest BCUT2D eigenvalue weighted by molar-refractivity contribution is 6.03. The van der Waals surface area contributed by atoms with E-state index in [4.69, 9.17) is 19.4 Å². The standard InChI is InChI=1S/C36H38F2N6O4/c1-2-23-25(37)7-5-19-12-22(46)13-24(28(19)23)31-30(38)32-29-33(44-14-20-6-8-26(39-20)27(44)16-47-34(29)40-31)42-35(41-32)48-18-36(9-10-36)17-43-11-3-4-21(43)15-45/h3-5,7,12-13,20-21,26-27,39,45-46H,2,6,8-11,14-18H2,1H3/t20-,21-,26+,27+/m0/s1. The predicted molar refractivity (Wildman–Crippen MR) is 177 cm³/mol. The van der Waals surface area contributed by atoms with Crippen molar-refractivity contribution in [2.45, 2.75) is 63.2 Å². The van der Waals surface area contributed by atoms with Crippen LogP contribution in [0.25, 0.3) is 32.9 Å². The van der Waals surface area contributed by atoms with Gasteiger partial charge in [-0.25, -0.2) is 13.8 Å². The molecular formula is C36H38F2N6O4. The van der Waals surface area contributed by atoms with Crippen LogP contribution in [-0.2, 0) is 6.42 Å². The van der Waals surface area contributed by atoms with E-state index in [1.165, 1.54) is 12.1 Å². The lowest BCUT2D eigenvalue weighted by atomic mass is 9.94. The first-order chi connectivity index (χ1) is 23.3. The molecule has 10 nitrogen and oxygen atoms in total. The summed E-state index contributed by atoms with van der Waals surface area (Å²) in [6.07, 6.45) is 8.48. The second-order valence-electron chi connectivity index (χ2n) is 14.1. The number of rotatable bonds is 8. The average molecular weight is 657 g/mol. The van der Waals surface area contributed by atoms with Crippen LogP contribution in [-0.4, -0.2) is 93.7 Å². The van der Waals surface area contributed by atoms with E-state index in [0.29, 0.717) is 53.7 Å². The highest BCUT2D eigenvalue weighted by atomic mass is 19.1. The molecule has 4 aliphatic heterocycles. The lowest BCUT2D eigenvalue weighted by molar-refractivity contribution is 0.123. The Morgan fingerprint density at radius 1 is 1.12 bits per heavy atom. The summed E-state index contributed by atoms with van der Waals surface area (Å²) < 4.78 is 45.0. The maximum Gasteiger partial charge on any atom is 0.319 e. The van der Waals surface area contributed by atoms with Crippen molar-refractivity contribution in [3.05, 3.63) is 53.6 Å². The summed E-state index contributed by atoms with van der Waals surface area (Å²) >= 11 is 0. The molecule has 48 heavy (non-hydrogen) atoms. The van der Waals surface area contributed by atoms with Gasteiger partial charge in [0.15, 0.2) is 5.82 Å². The van der Waals surface area contributed by atoms with Crippen molar-refractivity contribution in [2.24, 2.45) is 5.41 Å². The first kappa shape index (κ1) is 30.0. The number of aromatic nitrogens is 3. The number of piperazine rings is 1. The minimum Gasteiger partial charge on any atom is -0.508 e. The smallest absolute Gasteiger partial charge is 0.319 e. The Morgan fingerprint density at radius 3 is 2.81 bits per heavy atom. The number of aliphatic hydroxyl groups excluding tert-OH is 1. The Morgan fingerprint density at radius 2 is 2.00 bits per heavy atom. The van der Waals surface area contributed by atoms with Crippen LogP contribution in [0, 0.1) is 17.0 Å². The Kier molecular flexibility index (Phi) is 7.00. The van der Waals surface area contributed by atoms with E-state index in [0.717, 1.165) is 38.8 Å². The number of nitrogens with one attached hydrogen (secondary N) is 1. The molecule has 2 aromatic heterocycles. The monoisotopic (exact) mass is 656 g/mol. The van der Waals surface area contributed by atoms with Crippen LogP contribution < -0.4 is 19.7 Å². The topological polar surface area (TPSA) is 116 Å².